The van der Waals surface area contributed by atoms with Gasteiger partial charge in [-0.2, -0.15) is 0 Å². The lowest BCUT2D eigenvalue weighted by Gasteiger charge is -2.28. The fourth-order valence-electron chi connectivity index (χ4n) is 4.59. The molecule has 3 aromatic rings. The highest BCUT2D eigenvalue weighted by molar-refractivity contribution is 9.09. The zero-order chi connectivity index (χ0) is 23.4. The molecule has 0 spiro atoms. The Kier molecular flexibility index (Phi) is 7.24. The van der Waals surface area contributed by atoms with E-state index in [1.807, 2.05) is 13.8 Å². The van der Waals surface area contributed by atoms with E-state index in [2.05, 4.69) is 80.2 Å². The van der Waals surface area contributed by atoms with Crippen LogP contribution in [0.3, 0.4) is 0 Å². The van der Waals surface area contributed by atoms with E-state index in [4.69, 9.17) is 11.1 Å². The Balaban J connectivity index is 1.67. The van der Waals surface area contributed by atoms with E-state index in [0.29, 0.717) is 0 Å². The molecule has 4 nitrogen and oxygen atoms in total. The molecule has 0 radical (unpaired) electrons. The van der Waals surface area contributed by atoms with Gasteiger partial charge >= 0.3 is 0 Å². The summed E-state index contributed by atoms with van der Waals surface area (Å²) in [5.74, 6) is 0.849. The maximum absolute atomic E-state index is 7.58. The first-order valence-corrected chi connectivity index (χ1v) is 13.0. The number of benzene rings is 2. The number of aryl methyl sites for hydroxylation is 3. The van der Waals surface area contributed by atoms with Crippen molar-refractivity contribution in [2.75, 3.05) is 16.8 Å². The van der Waals surface area contributed by atoms with Crippen LogP contribution < -0.4 is 4.90 Å². The molecular formula is C28H32BrN3O. The average Bonchev–Trinajstić information content (AvgIpc) is 3.56. The topological polar surface area (TPSA) is 33.6 Å². The van der Waals surface area contributed by atoms with Gasteiger partial charge in [-0.15, -0.1) is 0 Å². The number of anilines is 2. The highest BCUT2D eigenvalue weighted by Crippen LogP contribution is 2.50. The van der Waals surface area contributed by atoms with Crippen molar-refractivity contribution < 1.29 is 4.52 Å². The first-order chi connectivity index (χ1) is 16.0. The zero-order valence-corrected chi connectivity index (χ0v) is 21.4. The SMILES string of the molecule is [C-]#[N+]C1(c2ccc(N(CCCCCCBr)c3cc(-c4c(C)noc4C)ccc3C)cc2)CC1. The van der Waals surface area contributed by atoms with Crippen LogP contribution in [0, 0.1) is 27.3 Å². The third-order valence-corrected chi connectivity index (χ3v) is 7.30. The molecule has 33 heavy (non-hydrogen) atoms. The van der Waals surface area contributed by atoms with Gasteiger partial charge in [-0.25, -0.2) is 6.57 Å². The molecule has 0 bridgehead atoms. The Morgan fingerprint density at radius 1 is 1.03 bits per heavy atom. The molecule has 1 fully saturated rings. The maximum Gasteiger partial charge on any atom is 0.258 e. The van der Waals surface area contributed by atoms with Gasteiger partial charge in [0, 0.05) is 47.2 Å². The van der Waals surface area contributed by atoms with Crippen molar-refractivity contribution >= 4 is 27.3 Å². The molecule has 1 aliphatic carbocycles. The monoisotopic (exact) mass is 505 g/mol. The number of hydrogen-bond donors (Lipinski definition) is 0. The number of halogens is 1. The van der Waals surface area contributed by atoms with Gasteiger partial charge < -0.3 is 14.3 Å². The number of aromatic nitrogens is 1. The molecule has 5 heteroatoms. The average molecular weight is 506 g/mol. The fourth-order valence-corrected chi connectivity index (χ4v) is 4.99. The Morgan fingerprint density at radius 3 is 2.36 bits per heavy atom. The van der Waals surface area contributed by atoms with Gasteiger partial charge in [0.05, 0.1) is 5.69 Å². The molecule has 0 saturated heterocycles. The van der Waals surface area contributed by atoms with Crippen molar-refractivity contribution in [3.8, 4) is 11.1 Å². The summed E-state index contributed by atoms with van der Waals surface area (Å²) in [6.07, 6.45) is 6.76. The van der Waals surface area contributed by atoms with Gasteiger partial charge in [0.15, 0.2) is 0 Å². The number of unbranched alkanes of at least 4 members (excludes halogenated alkanes) is 3. The third-order valence-electron chi connectivity index (χ3n) is 6.74. The zero-order valence-electron chi connectivity index (χ0n) is 19.8. The van der Waals surface area contributed by atoms with Gasteiger partial charge in [0.1, 0.15) is 5.76 Å². The van der Waals surface area contributed by atoms with E-state index >= 15 is 0 Å². The number of hydrogen-bond acceptors (Lipinski definition) is 3. The number of alkyl halides is 1. The molecule has 2 aromatic carbocycles. The largest absolute Gasteiger partial charge is 0.361 e. The van der Waals surface area contributed by atoms with Crippen LogP contribution in [0.2, 0.25) is 0 Å². The summed E-state index contributed by atoms with van der Waals surface area (Å²) in [5, 5.41) is 5.22. The molecule has 0 amide bonds. The van der Waals surface area contributed by atoms with Gasteiger partial charge in [0.2, 0.25) is 0 Å². The van der Waals surface area contributed by atoms with Gasteiger partial charge in [0.25, 0.3) is 5.54 Å². The van der Waals surface area contributed by atoms with Crippen LogP contribution in [-0.4, -0.2) is 17.0 Å². The quantitative estimate of drug-likeness (QED) is 0.158. The first-order valence-electron chi connectivity index (χ1n) is 11.9. The molecule has 172 valence electrons. The second kappa shape index (κ2) is 10.1. The van der Waals surface area contributed by atoms with Gasteiger partial charge in [-0.3, -0.25) is 0 Å². The van der Waals surface area contributed by atoms with Crippen LogP contribution >= 0.6 is 15.9 Å². The maximum atomic E-state index is 7.58. The van der Waals surface area contributed by atoms with Crippen LogP contribution in [-0.2, 0) is 5.54 Å². The Labute approximate surface area is 205 Å². The fraction of sp³-hybridized carbons (Fsp3) is 0.429. The van der Waals surface area contributed by atoms with E-state index < -0.39 is 0 Å². The van der Waals surface area contributed by atoms with Crippen molar-refractivity contribution in [2.45, 2.75) is 64.8 Å². The van der Waals surface area contributed by atoms with Crippen LogP contribution in [0.15, 0.2) is 47.0 Å². The summed E-state index contributed by atoms with van der Waals surface area (Å²) >= 11 is 3.54. The summed E-state index contributed by atoms with van der Waals surface area (Å²) in [7, 11) is 0. The van der Waals surface area contributed by atoms with Crippen LogP contribution in [0.1, 0.15) is 61.1 Å². The van der Waals surface area contributed by atoms with E-state index in [1.165, 1.54) is 36.2 Å². The van der Waals surface area contributed by atoms with Crippen LogP contribution in [0.4, 0.5) is 11.4 Å². The second-order valence-corrected chi connectivity index (χ2v) is 9.94. The normalized spacial score (nSPS) is 14.2. The van der Waals surface area contributed by atoms with Crippen molar-refractivity contribution in [2.24, 2.45) is 0 Å². The Bertz CT molecular complexity index is 1120. The molecule has 4 rings (SSSR count). The molecule has 0 atom stereocenters. The lowest BCUT2D eigenvalue weighted by Crippen LogP contribution is -2.20. The van der Waals surface area contributed by atoms with Crippen molar-refractivity contribution in [1.29, 1.82) is 0 Å². The standard InChI is InChI=1S/C28H32BrN3O/c1-20-9-10-23(27-21(2)31-33-22(27)3)19-26(20)32(18-8-6-5-7-17-29)25-13-11-24(12-14-25)28(30-4)15-16-28/h9-14,19H,5-8,15-18H2,1-3H3. The summed E-state index contributed by atoms with van der Waals surface area (Å²) < 4.78 is 5.44. The van der Waals surface area contributed by atoms with Gasteiger partial charge in [-0.1, -0.05) is 46.1 Å². The predicted molar refractivity (Wildman–Crippen MR) is 139 cm³/mol. The van der Waals surface area contributed by atoms with Crippen molar-refractivity contribution in [3.63, 3.8) is 0 Å². The second-order valence-electron chi connectivity index (χ2n) is 9.15. The van der Waals surface area contributed by atoms with E-state index in [9.17, 15) is 0 Å². The Morgan fingerprint density at radius 2 is 1.76 bits per heavy atom. The van der Waals surface area contributed by atoms with Crippen molar-refractivity contribution in [3.05, 3.63) is 76.5 Å². The molecule has 0 aliphatic heterocycles. The summed E-state index contributed by atoms with van der Waals surface area (Å²) in [6.45, 7) is 14.7. The van der Waals surface area contributed by atoms with Gasteiger partial charge in [-0.05, 0) is 75.1 Å². The van der Waals surface area contributed by atoms with Crippen LogP contribution in [0.25, 0.3) is 16.0 Å². The number of nitrogens with zero attached hydrogens (tertiary/aromatic N) is 3. The Hall–Kier alpha value is -2.58. The highest BCUT2D eigenvalue weighted by atomic mass is 79.9. The molecular weight excluding hydrogens is 474 g/mol. The molecule has 1 aromatic heterocycles. The van der Waals surface area contributed by atoms with Crippen molar-refractivity contribution in [1.82, 2.24) is 5.16 Å². The number of rotatable bonds is 10. The van der Waals surface area contributed by atoms with E-state index in [-0.39, 0.29) is 5.54 Å². The smallest absolute Gasteiger partial charge is 0.258 e. The summed E-state index contributed by atoms with van der Waals surface area (Å²) in [6, 6.07) is 15.3. The minimum Gasteiger partial charge on any atom is -0.361 e. The first kappa shape index (κ1) is 23.6. The third kappa shape index (κ3) is 5.01. The molecule has 1 saturated carbocycles. The van der Waals surface area contributed by atoms with E-state index in [1.54, 1.807) is 0 Å². The minimum atomic E-state index is -0.266. The highest BCUT2D eigenvalue weighted by Gasteiger charge is 2.52. The predicted octanol–water partition coefficient (Wildman–Crippen LogP) is 8.27. The molecule has 0 N–H and O–H groups in total. The lowest BCUT2D eigenvalue weighted by atomic mass is 10.00. The molecule has 0 unspecified atom stereocenters. The summed E-state index contributed by atoms with van der Waals surface area (Å²) in [5.41, 5.74) is 7.66. The van der Waals surface area contributed by atoms with E-state index in [0.717, 1.165) is 59.3 Å². The summed E-state index contributed by atoms with van der Waals surface area (Å²) in [4.78, 5) is 6.34. The minimum absolute atomic E-state index is 0.266. The molecule has 1 aliphatic rings. The molecule has 1 heterocycles. The van der Waals surface area contributed by atoms with Crippen LogP contribution in [0.5, 0.6) is 0 Å². The lowest BCUT2D eigenvalue weighted by molar-refractivity contribution is 0.393.